The number of hydrogen-bond donors (Lipinski definition) is 1. The zero-order chi connectivity index (χ0) is 14.1. The molecule has 1 aliphatic heterocycles. The molecule has 2 amide bonds. The molecule has 2 aliphatic rings. The number of carbonyl (C=O) groups excluding carboxylic acids is 2. The molecular formula is C14H20N4O2. The van der Waals surface area contributed by atoms with E-state index >= 15 is 0 Å². The smallest absolute Gasteiger partial charge is 0.246 e. The molecule has 2 heterocycles. The van der Waals surface area contributed by atoms with Crippen LogP contribution in [0.2, 0.25) is 0 Å². The lowest BCUT2D eigenvalue weighted by atomic mass is 10.0. The Hall–Kier alpha value is -1.85. The fraction of sp³-hybridized carbons (Fsp3) is 0.643. The largest absolute Gasteiger partial charge is 0.342 e. The third kappa shape index (κ3) is 2.42. The predicted octanol–water partition coefficient (Wildman–Crippen LogP) is 0.399. The van der Waals surface area contributed by atoms with Crippen LogP contribution in [0.4, 0.5) is 0 Å². The molecule has 1 saturated heterocycles. The van der Waals surface area contributed by atoms with E-state index in [2.05, 4.69) is 10.4 Å². The maximum absolute atomic E-state index is 12.6. The van der Waals surface area contributed by atoms with Gasteiger partial charge in [-0.15, -0.1) is 0 Å². The molecule has 2 atom stereocenters. The lowest BCUT2D eigenvalue weighted by Crippen LogP contribution is -2.64. The van der Waals surface area contributed by atoms with Crippen LogP contribution in [0.1, 0.15) is 26.2 Å². The minimum absolute atomic E-state index is 0.00975. The van der Waals surface area contributed by atoms with Crippen LogP contribution < -0.4 is 5.32 Å². The summed E-state index contributed by atoms with van der Waals surface area (Å²) in [5, 5.41) is 7.04. The highest BCUT2D eigenvalue weighted by molar-refractivity contribution is 5.97. The van der Waals surface area contributed by atoms with Crippen molar-refractivity contribution in [2.24, 2.45) is 5.92 Å². The normalized spacial score (nSPS) is 26.8. The summed E-state index contributed by atoms with van der Waals surface area (Å²) in [6.45, 7) is 3.10. The lowest BCUT2D eigenvalue weighted by molar-refractivity contribution is -0.150. The Balaban J connectivity index is 1.72. The Labute approximate surface area is 118 Å². The Morgan fingerprint density at radius 1 is 1.35 bits per heavy atom. The number of amides is 2. The highest BCUT2D eigenvalue weighted by Crippen LogP contribution is 2.35. The van der Waals surface area contributed by atoms with E-state index in [4.69, 9.17) is 0 Å². The maximum atomic E-state index is 12.6. The van der Waals surface area contributed by atoms with Gasteiger partial charge >= 0.3 is 0 Å². The minimum Gasteiger partial charge on any atom is -0.342 e. The van der Waals surface area contributed by atoms with E-state index < -0.39 is 0 Å². The maximum Gasteiger partial charge on any atom is 0.246 e. The van der Waals surface area contributed by atoms with Gasteiger partial charge < -0.3 is 10.2 Å². The van der Waals surface area contributed by atoms with Gasteiger partial charge in [0.2, 0.25) is 11.8 Å². The molecule has 2 unspecified atom stereocenters. The molecule has 2 fully saturated rings. The Morgan fingerprint density at radius 2 is 2.15 bits per heavy atom. The van der Waals surface area contributed by atoms with Crippen molar-refractivity contribution in [1.29, 1.82) is 0 Å². The molecular weight excluding hydrogens is 256 g/mol. The number of carbonyl (C=O) groups is 2. The van der Waals surface area contributed by atoms with Crippen molar-refractivity contribution in [2.45, 2.75) is 44.8 Å². The third-order valence-electron chi connectivity index (χ3n) is 4.14. The van der Waals surface area contributed by atoms with Crippen LogP contribution >= 0.6 is 0 Å². The van der Waals surface area contributed by atoms with Crippen LogP contribution in [-0.4, -0.2) is 45.1 Å². The first kappa shape index (κ1) is 13.1. The standard InChI is InChI=1S/C14H20N4O2/c1-2-11-13(19)16-12(10-4-5-10)14(20)18(11)9-8-17-7-3-6-15-17/h3,6-7,10-12H,2,4-5,8-9H2,1H3,(H,16,19). The monoisotopic (exact) mass is 276 g/mol. The highest BCUT2D eigenvalue weighted by atomic mass is 16.2. The fourth-order valence-corrected chi connectivity index (χ4v) is 2.85. The second kappa shape index (κ2) is 5.26. The molecule has 0 radical (unpaired) electrons. The zero-order valence-electron chi connectivity index (χ0n) is 11.7. The van der Waals surface area contributed by atoms with E-state index in [0.29, 0.717) is 25.4 Å². The summed E-state index contributed by atoms with van der Waals surface area (Å²) in [5.41, 5.74) is 0. The van der Waals surface area contributed by atoms with Crippen LogP contribution in [0.3, 0.4) is 0 Å². The first-order valence-electron chi connectivity index (χ1n) is 7.29. The van der Waals surface area contributed by atoms with Gasteiger partial charge in [0.05, 0.1) is 6.54 Å². The number of hydrogen-bond acceptors (Lipinski definition) is 3. The van der Waals surface area contributed by atoms with Crippen LogP contribution in [0.15, 0.2) is 18.5 Å². The van der Waals surface area contributed by atoms with E-state index in [1.165, 1.54) is 0 Å². The third-order valence-corrected chi connectivity index (χ3v) is 4.14. The molecule has 3 rings (SSSR count). The number of nitrogens with one attached hydrogen (secondary N) is 1. The topological polar surface area (TPSA) is 67.2 Å². The Morgan fingerprint density at radius 3 is 2.75 bits per heavy atom. The van der Waals surface area contributed by atoms with E-state index in [1.807, 2.05) is 19.2 Å². The van der Waals surface area contributed by atoms with Crippen molar-refractivity contribution >= 4 is 11.8 Å². The van der Waals surface area contributed by atoms with Gasteiger partial charge in [0.1, 0.15) is 12.1 Å². The average molecular weight is 276 g/mol. The van der Waals surface area contributed by atoms with E-state index in [1.54, 1.807) is 15.8 Å². The van der Waals surface area contributed by atoms with Gasteiger partial charge in [-0.1, -0.05) is 6.92 Å². The van der Waals surface area contributed by atoms with Gasteiger partial charge in [0.15, 0.2) is 0 Å². The summed E-state index contributed by atoms with van der Waals surface area (Å²) >= 11 is 0. The molecule has 0 spiro atoms. The van der Waals surface area contributed by atoms with Crippen LogP contribution in [-0.2, 0) is 16.1 Å². The molecule has 20 heavy (non-hydrogen) atoms. The molecule has 1 N–H and O–H groups in total. The second-order valence-electron chi connectivity index (χ2n) is 5.55. The number of nitrogens with zero attached hydrogens (tertiary/aromatic N) is 3. The fourth-order valence-electron chi connectivity index (χ4n) is 2.85. The summed E-state index contributed by atoms with van der Waals surface area (Å²) in [7, 11) is 0. The minimum atomic E-state index is -0.340. The van der Waals surface area contributed by atoms with Crippen molar-refractivity contribution in [3.05, 3.63) is 18.5 Å². The van der Waals surface area contributed by atoms with Crippen molar-refractivity contribution in [3.63, 3.8) is 0 Å². The predicted molar refractivity (Wildman–Crippen MR) is 72.7 cm³/mol. The van der Waals surface area contributed by atoms with Crippen molar-refractivity contribution in [3.8, 4) is 0 Å². The molecule has 1 aliphatic carbocycles. The molecule has 6 heteroatoms. The van der Waals surface area contributed by atoms with Crippen LogP contribution in [0.5, 0.6) is 0 Å². The van der Waals surface area contributed by atoms with E-state index in [0.717, 1.165) is 12.8 Å². The molecule has 1 aromatic rings. The number of aromatic nitrogens is 2. The van der Waals surface area contributed by atoms with Gasteiger partial charge in [0, 0.05) is 18.9 Å². The van der Waals surface area contributed by atoms with Gasteiger partial charge in [-0.2, -0.15) is 5.10 Å². The molecule has 108 valence electrons. The summed E-state index contributed by atoms with van der Waals surface area (Å²) in [5.74, 6) is 0.409. The van der Waals surface area contributed by atoms with Crippen LogP contribution in [0.25, 0.3) is 0 Å². The van der Waals surface area contributed by atoms with Gasteiger partial charge in [-0.05, 0) is 31.2 Å². The lowest BCUT2D eigenvalue weighted by Gasteiger charge is -2.38. The quantitative estimate of drug-likeness (QED) is 0.846. The highest BCUT2D eigenvalue weighted by Gasteiger charge is 2.46. The average Bonchev–Trinajstić information content (AvgIpc) is 3.15. The number of rotatable bonds is 5. The molecule has 6 nitrogen and oxygen atoms in total. The molecule has 0 aromatic carbocycles. The van der Waals surface area contributed by atoms with Crippen molar-refractivity contribution in [1.82, 2.24) is 20.0 Å². The van der Waals surface area contributed by atoms with Crippen molar-refractivity contribution in [2.75, 3.05) is 6.54 Å². The Kier molecular flexibility index (Phi) is 3.46. The van der Waals surface area contributed by atoms with Gasteiger partial charge in [-0.3, -0.25) is 14.3 Å². The second-order valence-corrected chi connectivity index (χ2v) is 5.55. The first-order chi connectivity index (χ1) is 9.70. The summed E-state index contributed by atoms with van der Waals surface area (Å²) in [6.07, 6.45) is 6.32. The summed E-state index contributed by atoms with van der Waals surface area (Å²) in [4.78, 5) is 26.5. The molecule has 1 aromatic heterocycles. The Bertz CT molecular complexity index is 495. The van der Waals surface area contributed by atoms with E-state index in [-0.39, 0.29) is 23.9 Å². The van der Waals surface area contributed by atoms with Crippen LogP contribution in [0, 0.1) is 5.92 Å². The van der Waals surface area contributed by atoms with Gasteiger partial charge in [-0.25, -0.2) is 0 Å². The van der Waals surface area contributed by atoms with Crippen molar-refractivity contribution < 1.29 is 9.59 Å². The van der Waals surface area contributed by atoms with E-state index in [9.17, 15) is 9.59 Å². The molecule has 1 saturated carbocycles. The zero-order valence-corrected chi connectivity index (χ0v) is 11.7. The number of piperazine rings is 1. The first-order valence-corrected chi connectivity index (χ1v) is 7.29. The molecule has 0 bridgehead atoms. The SMILES string of the molecule is CCC1C(=O)NC(C2CC2)C(=O)N1CCn1cccn1. The van der Waals surface area contributed by atoms with Gasteiger partial charge in [0.25, 0.3) is 0 Å². The summed E-state index contributed by atoms with van der Waals surface area (Å²) in [6, 6.07) is 1.21. The summed E-state index contributed by atoms with van der Waals surface area (Å²) < 4.78 is 1.79.